The molecule has 6 nitrogen and oxygen atoms in total. The van der Waals surface area contributed by atoms with Crippen molar-refractivity contribution in [2.45, 2.75) is 56.7 Å². The smallest absolute Gasteiger partial charge is 0.219 e. The molecule has 2 aromatic carbocycles. The Balaban J connectivity index is 1.41. The third-order valence-corrected chi connectivity index (χ3v) is 7.48. The number of nitrogens with zero attached hydrogens (tertiary/aromatic N) is 2. The van der Waals surface area contributed by atoms with Gasteiger partial charge in [0.25, 0.3) is 0 Å². The van der Waals surface area contributed by atoms with Gasteiger partial charge in [0.1, 0.15) is 23.8 Å². The number of β-amino-alcohol motifs (C(OH)–C–C–N with tert-alkyl or cyclic N) is 2. The average molecular weight is 485 g/mol. The van der Waals surface area contributed by atoms with Gasteiger partial charge < -0.3 is 19.8 Å². The van der Waals surface area contributed by atoms with E-state index >= 15 is 0 Å². The Morgan fingerprint density at radius 1 is 1.06 bits per heavy atom. The first-order valence-corrected chi connectivity index (χ1v) is 12.5. The molecule has 0 radical (unpaired) electrons. The van der Waals surface area contributed by atoms with Gasteiger partial charge >= 0.3 is 0 Å². The maximum atomic E-state index is 13.6. The number of benzene rings is 2. The van der Waals surface area contributed by atoms with Gasteiger partial charge in [0.05, 0.1) is 12.1 Å². The number of hydrogen-bond donors (Lipinski definition) is 2. The molecular weight excluding hydrogens is 447 g/mol. The molecule has 1 aliphatic heterocycles. The van der Waals surface area contributed by atoms with Crippen LogP contribution in [0.5, 0.6) is 5.75 Å². The van der Waals surface area contributed by atoms with Crippen LogP contribution in [0.3, 0.4) is 0 Å². The van der Waals surface area contributed by atoms with E-state index in [2.05, 4.69) is 29.2 Å². The molecule has 1 saturated heterocycles. The normalized spacial score (nSPS) is 27.9. The van der Waals surface area contributed by atoms with Crippen molar-refractivity contribution in [2.24, 2.45) is 0 Å². The second-order valence-electron chi connectivity index (χ2n) is 10.5. The number of carbonyl (C=O) groups is 1. The third kappa shape index (κ3) is 6.60. The Kier molecular flexibility index (Phi) is 7.79. The number of aryl methyl sites for hydroxylation is 1. The molecule has 2 N–H and O–H groups in total. The molecule has 0 unspecified atom stereocenters. The van der Waals surface area contributed by atoms with Gasteiger partial charge in [-0.25, -0.2) is 4.39 Å². The highest BCUT2D eigenvalue weighted by Gasteiger charge is 2.41. The summed E-state index contributed by atoms with van der Waals surface area (Å²) in [4.78, 5) is 15.9. The lowest BCUT2D eigenvalue weighted by Crippen LogP contribution is -2.54. The molecule has 2 aromatic rings. The largest absolute Gasteiger partial charge is 0.490 e. The second-order valence-corrected chi connectivity index (χ2v) is 10.5. The van der Waals surface area contributed by atoms with Crippen LogP contribution in [0.25, 0.3) is 0 Å². The number of aliphatic hydroxyl groups is 2. The molecule has 2 aliphatic rings. The van der Waals surface area contributed by atoms with Gasteiger partial charge in [0, 0.05) is 33.1 Å². The highest BCUT2D eigenvalue weighted by atomic mass is 19.1. The number of halogens is 1. The Bertz CT molecular complexity index is 1010. The van der Waals surface area contributed by atoms with Crippen LogP contribution in [0.4, 0.5) is 4.39 Å². The summed E-state index contributed by atoms with van der Waals surface area (Å²) in [5.41, 5.74) is -0.353. The second kappa shape index (κ2) is 10.6. The van der Waals surface area contributed by atoms with Gasteiger partial charge in [0.2, 0.25) is 5.91 Å². The monoisotopic (exact) mass is 484 g/mol. The number of hydrogen-bond acceptors (Lipinski definition) is 5. The molecule has 1 atom stereocenters. The minimum absolute atomic E-state index is 0.0349. The zero-order valence-electron chi connectivity index (χ0n) is 20.8. The van der Waals surface area contributed by atoms with E-state index in [1.54, 1.807) is 17.9 Å². The number of amides is 1. The highest BCUT2D eigenvalue weighted by Crippen LogP contribution is 2.38. The first-order chi connectivity index (χ1) is 16.6. The number of ether oxygens (including phenoxy) is 1. The summed E-state index contributed by atoms with van der Waals surface area (Å²) < 4.78 is 19.5. The molecule has 1 aliphatic carbocycles. The SMILES string of the molecule is CC(=O)N1CCN(CC2(O)CCC(c3ccccc3)CC2)C[C@@](O)(COc2ccc(F)c(C)c2)C1. The third-order valence-electron chi connectivity index (χ3n) is 7.48. The van der Waals surface area contributed by atoms with Crippen molar-refractivity contribution in [3.8, 4) is 5.75 Å². The first kappa shape index (κ1) is 25.6. The van der Waals surface area contributed by atoms with E-state index in [4.69, 9.17) is 4.74 Å². The van der Waals surface area contributed by atoms with Crippen LogP contribution in [-0.2, 0) is 4.79 Å². The lowest BCUT2D eigenvalue weighted by molar-refractivity contribution is -0.132. The Hall–Kier alpha value is -2.48. The van der Waals surface area contributed by atoms with Gasteiger partial charge in [0.15, 0.2) is 0 Å². The van der Waals surface area contributed by atoms with Crippen LogP contribution in [0, 0.1) is 12.7 Å². The molecule has 35 heavy (non-hydrogen) atoms. The van der Waals surface area contributed by atoms with E-state index in [1.807, 2.05) is 6.07 Å². The predicted octanol–water partition coefficient (Wildman–Crippen LogP) is 3.50. The van der Waals surface area contributed by atoms with Crippen molar-refractivity contribution in [1.82, 2.24) is 9.80 Å². The summed E-state index contributed by atoms with van der Waals surface area (Å²) in [5, 5.41) is 22.9. The molecule has 7 heteroatoms. The van der Waals surface area contributed by atoms with Crippen LogP contribution < -0.4 is 4.74 Å². The first-order valence-electron chi connectivity index (χ1n) is 12.5. The molecule has 190 valence electrons. The molecule has 0 aromatic heterocycles. The Morgan fingerprint density at radius 3 is 2.43 bits per heavy atom. The van der Waals surface area contributed by atoms with E-state index in [9.17, 15) is 19.4 Å². The van der Waals surface area contributed by atoms with Crippen LogP contribution >= 0.6 is 0 Å². The topological polar surface area (TPSA) is 73.2 Å². The van der Waals surface area contributed by atoms with Crippen molar-refractivity contribution in [2.75, 3.05) is 39.3 Å². The fourth-order valence-corrected chi connectivity index (χ4v) is 5.45. The van der Waals surface area contributed by atoms with Gasteiger partial charge in [-0.15, -0.1) is 0 Å². The predicted molar refractivity (Wildman–Crippen MR) is 133 cm³/mol. The lowest BCUT2D eigenvalue weighted by atomic mass is 9.76. The van der Waals surface area contributed by atoms with Crippen molar-refractivity contribution in [3.63, 3.8) is 0 Å². The minimum Gasteiger partial charge on any atom is -0.490 e. The molecule has 1 saturated carbocycles. The van der Waals surface area contributed by atoms with Crippen LogP contribution in [0.2, 0.25) is 0 Å². The zero-order valence-corrected chi connectivity index (χ0v) is 20.8. The highest BCUT2D eigenvalue weighted by molar-refractivity contribution is 5.73. The summed E-state index contributed by atoms with van der Waals surface area (Å²) in [5.74, 6) is 0.512. The van der Waals surface area contributed by atoms with E-state index in [0.29, 0.717) is 49.7 Å². The molecule has 2 fully saturated rings. The molecule has 0 spiro atoms. The van der Waals surface area contributed by atoms with E-state index in [-0.39, 0.29) is 31.4 Å². The van der Waals surface area contributed by atoms with E-state index in [0.717, 1.165) is 12.8 Å². The van der Waals surface area contributed by atoms with Gasteiger partial charge in [-0.05, 0) is 67.9 Å². The van der Waals surface area contributed by atoms with Crippen molar-refractivity contribution in [3.05, 3.63) is 65.5 Å². The van der Waals surface area contributed by atoms with E-state index < -0.39 is 11.2 Å². The average Bonchev–Trinajstić information content (AvgIpc) is 2.99. The summed E-state index contributed by atoms with van der Waals surface area (Å²) >= 11 is 0. The van der Waals surface area contributed by atoms with Crippen LogP contribution in [0.1, 0.15) is 49.7 Å². The molecule has 0 bridgehead atoms. The quantitative estimate of drug-likeness (QED) is 0.657. The van der Waals surface area contributed by atoms with Gasteiger partial charge in [-0.3, -0.25) is 9.69 Å². The fourth-order valence-electron chi connectivity index (χ4n) is 5.45. The van der Waals surface area contributed by atoms with Gasteiger partial charge in [-0.2, -0.15) is 0 Å². The van der Waals surface area contributed by atoms with Crippen molar-refractivity contribution >= 4 is 5.91 Å². The van der Waals surface area contributed by atoms with E-state index in [1.165, 1.54) is 24.6 Å². The summed E-state index contributed by atoms with van der Waals surface area (Å²) in [6.45, 7) is 5.05. The summed E-state index contributed by atoms with van der Waals surface area (Å²) in [7, 11) is 0. The summed E-state index contributed by atoms with van der Waals surface area (Å²) in [6.07, 6.45) is 3.24. The van der Waals surface area contributed by atoms with Crippen LogP contribution in [0.15, 0.2) is 48.5 Å². The maximum Gasteiger partial charge on any atom is 0.219 e. The maximum absolute atomic E-state index is 13.6. The molecule has 1 amide bonds. The number of rotatable bonds is 6. The molecule has 1 heterocycles. The molecule has 4 rings (SSSR count). The minimum atomic E-state index is -1.32. The van der Waals surface area contributed by atoms with Crippen molar-refractivity contribution < 1.29 is 24.1 Å². The Labute approximate surface area is 207 Å². The summed E-state index contributed by atoms with van der Waals surface area (Å²) in [6, 6.07) is 14.9. The number of carbonyl (C=O) groups excluding carboxylic acids is 1. The Morgan fingerprint density at radius 2 is 1.77 bits per heavy atom. The standard InChI is InChI=1S/C28H37FN2O4/c1-21-16-25(8-9-26(21)29)35-20-28(34)18-30(14-15-31(19-28)22(2)32)17-27(33)12-10-24(11-13-27)23-6-4-3-5-7-23/h3-9,16,24,33-34H,10-15,17-20H2,1-2H3/t24?,27?,28-/m0/s1. The zero-order chi connectivity index (χ0) is 25.1. The lowest BCUT2D eigenvalue weighted by Gasteiger charge is -2.40. The molecular formula is C28H37FN2O4. The van der Waals surface area contributed by atoms with Crippen LogP contribution in [-0.4, -0.2) is 76.5 Å². The van der Waals surface area contributed by atoms with Gasteiger partial charge in [-0.1, -0.05) is 30.3 Å². The van der Waals surface area contributed by atoms with Crippen molar-refractivity contribution in [1.29, 1.82) is 0 Å². The fraction of sp³-hybridized carbons (Fsp3) is 0.536.